The van der Waals surface area contributed by atoms with Crippen molar-refractivity contribution in [2.45, 2.75) is 32.1 Å². The number of halogens is 1. The molecule has 0 heterocycles. The van der Waals surface area contributed by atoms with E-state index in [0.29, 0.717) is 0 Å². The third-order valence-corrected chi connectivity index (χ3v) is 4.66. The molecular weight excluding hydrogens is 236 g/mol. The van der Waals surface area contributed by atoms with Crippen LogP contribution in [-0.4, -0.2) is 17.4 Å². The number of hydrogen-bond acceptors (Lipinski definition) is 1. The highest BCUT2D eigenvalue weighted by atomic mass is 35.5. The van der Waals surface area contributed by atoms with Gasteiger partial charge in [-0.15, -0.1) is 11.6 Å². The number of hydrogen-bond donors (Lipinski definition) is 0. The molecule has 0 nitrogen and oxygen atoms in total. The molecular formula is C14H21ClS. The van der Waals surface area contributed by atoms with Gasteiger partial charge in [0.1, 0.15) is 0 Å². The van der Waals surface area contributed by atoms with E-state index in [9.17, 15) is 0 Å². The molecule has 1 aromatic rings. The standard InChI is InChI=1S/C14H21ClS/c1-3-14(12-15,10-11-16-4-2)13-8-6-5-7-9-13/h5-9H,3-4,10-12H2,1-2H3. The summed E-state index contributed by atoms with van der Waals surface area (Å²) in [6.45, 7) is 4.45. The predicted molar refractivity (Wildman–Crippen MR) is 76.7 cm³/mol. The lowest BCUT2D eigenvalue weighted by Gasteiger charge is -2.31. The minimum Gasteiger partial charge on any atom is -0.162 e. The summed E-state index contributed by atoms with van der Waals surface area (Å²) in [5, 5.41) is 0. The Morgan fingerprint density at radius 3 is 2.38 bits per heavy atom. The van der Waals surface area contributed by atoms with E-state index in [2.05, 4.69) is 44.2 Å². The molecule has 0 bridgehead atoms. The van der Waals surface area contributed by atoms with Crippen LogP contribution in [0.3, 0.4) is 0 Å². The van der Waals surface area contributed by atoms with Gasteiger partial charge in [0.25, 0.3) is 0 Å². The molecule has 1 atom stereocenters. The molecule has 90 valence electrons. The maximum atomic E-state index is 6.23. The molecule has 0 saturated carbocycles. The summed E-state index contributed by atoms with van der Waals surface area (Å²) in [5.41, 5.74) is 1.56. The minimum atomic E-state index is 0.172. The molecule has 0 aliphatic carbocycles. The number of alkyl halides is 1. The Hall–Kier alpha value is -0.140. The van der Waals surface area contributed by atoms with Gasteiger partial charge >= 0.3 is 0 Å². The van der Waals surface area contributed by atoms with Crippen molar-refractivity contribution in [1.29, 1.82) is 0 Å². The van der Waals surface area contributed by atoms with Gasteiger partial charge in [-0.2, -0.15) is 11.8 Å². The Bertz CT molecular complexity index is 280. The molecule has 1 rings (SSSR count). The molecule has 0 amide bonds. The predicted octanol–water partition coefficient (Wildman–Crippen LogP) is 4.72. The third kappa shape index (κ3) is 3.43. The molecule has 2 heteroatoms. The Kier molecular flexibility index (Phi) is 6.30. The van der Waals surface area contributed by atoms with E-state index < -0.39 is 0 Å². The van der Waals surface area contributed by atoms with Crippen LogP contribution >= 0.6 is 23.4 Å². The summed E-state index contributed by atoms with van der Waals surface area (Å²) in [7, 11) is 0. The first-order valence-corrected chi connectivity index (χ1v) is 7.67. The van der Waals surface area contributed by atoms with Crippen molar-refractivity contribution < 1.29 is 0 Å². The van der Waals surface area contributed by atoms with Crippen molar-refractivity contribution in [3.63, 3.8) is 0 Å². The lowest BCUT2D eigenvalue weighted by atomic mass is 9.77. The Labute approximate surface area is 109 Å². The van der Waals surface area contributed by atoms with Crippen LogP contribution in [0.2, 0.25) is 0 Å². The summed E-state index contributed by atoms with van der Waals surface area (Å²) < 4.78 is 0. The normalized spacial score (nSPS) is 14.7. The number of thioether (sulfide) groups is 1. The maximum Gasteiger partial charge on any atom is 0.0320 e. The van der Waals surface area contributed by atoms with Crippen molar-refractivity contribution in [3.8, 4) is 0 Å². The molecule has 0 aliphatic rings. The zero-order valence-corrected chi connectivity index (χ0v) is 11.8. The van der Waals surface area contributed by atoms with Crippen molar-refractivity contribution >= 4 is 23.4 Å². The molecule has 1 unspecified atom stereocenters. The van der Waals surface area contributed by atoms with E-state index in [1.807, 2.05) is 11.8 Å². The van der Waals surface area contributed by atoms with E-state index in [4.69, 9.17) is 11.6 Å². The fourth-order valence-corrected chi connectivity index (χ4v) is 3.27. The van der Waals surface area contributed by atoms with Gasteiger partial charge in [0.2, 0.25) is 0 Å². The van der Waals surface area contributed by atoms with Crippen LogP contribution in [0.15, 0.2) is 30.3 Å². The molecule has 1 aromatic carbocycles. The van der Waals surface area contributed by atoms with Crippen LogP contribution in [-0.2, 0) is 5.41 Å². The monoisotopic (exact) mass is 256 g/mol. The zero-order chi connectivity index (χ0) is 11.9. The third-order valence-electron chi connectivity index (χ3n) is 3.25. The van der Waals surface area contributed by atoms with Crippen molar-refractivity contribution in [3.05, 3.63) is 35.9 Å². The van der Waals surface area contributed by atoms with E-state index in [1.54, 1.807) is 0 Å². The molecule has 0 saturated heterocycles. The van der Waals surface area contributed by atoms with Crippen LogP contribution < -0.4 is 0 Å². The average Bonchev–Trinajstić information content (AvgIpc) is 2.36. The Morgan fingerprint density at radius 1 is 1.19 bits per heavy atom. The lowest BCUT2D eigenvalue weighted by molar-refractivity contribution is 0.449. The fraction of sp³-hybridized carbons (Fsp3) is 0.571. The molecule has 0 N–H and O–H groups in total. The quantitative estimate of drug-likeness (QED) is 0.503. The van der Waals surface area contributed by atoms with Gasteiger partial charge in [-0.1, -0.05) is 44.2 Å². The first-order valence-electron chi connectivity index (χ1n) is 5.98. The summed E-state index contributed by atoms with van der Waals surface area (Å²) in [6.07, 6.45) is 2.29. The van der Waals surface area contributed by atoms with Gasteiger partial charge < -0.3 is 0 Å². The molecule has 16 heavy (non-hydrogen) atoms. The molecule has 0 spiro atoms. The highest BCUT2D eigenvalue weighted by Gasteiger charge is 2.28. The van der Waals surface area contributed by atoms with Crippen LogP contribution in [0, 0.1) is 0 Å². The number of rotatable bonds is 7. The first kappa shape index (κ1) is 13.9. The van der Waals surface area contributed by atoms with Crippen LogP contribution in [0.1, 0.15) is 32.3 Å². The van der Waals surface area contributed by atoms with Crippen molar-refractivity contribution in [2.75, 3.05) is 17.4 Å². The largest absolute Gasteiger partial charge is 0.162 e. The van der Waals surface area contributed by atoms with E-state index in [-0.39, 0.29) is 5.41 Å². The Morgan fingerprint density at radius 2 is 1.88 bits per heavy atom. The summed E-state index contributed by atoms with van der Waals surface area (Å²) >= 11 is 8.23. The smallest absolute Gasteiger partial charge is 0.0320 e. The van der Waals surface area contributed by atoms with E-state index in [1.165, 1.54) is 23.5 Å². The van der Waals surface area contributed by atoms with E-state index >= 15 is 0 Å². The second kappa shape index (κ2) is 7.24. The van der Waals surface area contributed by atoms with Crippen LogP contribution in [0.4, 0.5) is 0 Å². The minimum absolute atomic E-state index is 0.172. The van der Waals surface area contributed by atoms with Gasteiger partial charge in [0, 0.05) is 11.3 Å². The van der Waals surface area contributed by atoms with Gasteiger partial charge in [0.15, 0.2) is 0 Å². The van der Waals surface area contributed by atoms with Crippen LogP contribution in [0.5, 0.6) is 0 Å². The number of benzene rings is 1. The van der Waals surface area contributed by atoms with Crippen LogP contribution in [0.25, 0.3) is 0 Å². The van der Waals surface area contributed by atoms with E-state index in [0.717, 1.165) is 12.3 Å². The highest BCUT2D eigenvalue weighted by molar-refractivity contribution is 7.99. The van der Waals surface area contributed by atoms with Crippen molar-refractivity contribution in [1.82, 2.24) is 0 Å². The van der Waals surface area contributed by atoms with Gasteiger partial charge in [-0.05, 0) is 29.9 Å². The Balaban J connectivity index is 2.79. The van der Waals surface area contributed by atoms with Gasteiger partial charge in [-0.3, -0.25) is 0 Å². The summed E-state index contributed by atoms with van der Waals surface area (Å²) in [6, 6.07) is 10.7. The zero-order valence-electron chi connectivity index (χ0n) is 10.2. The van der Waals surface area contributed by atoms with Crippen molar-refractivity contribution in [2.24, 2.45) is 0 Å². The highest BCUT2D eigenvalue weighted by Crippen LogP contribution is 2.34. The average molecular weight is 257 g/mol. The fourth-order valence-electron chi connectivity index (χ4n) is 1.97. The maximum absolute atomic E-state index is 6.23. The molecule has 0 fully saturated rings. The molecule has 0 radical (unpaired) electrons. The van der Waals surface area contributed by atoms with Gasteiger partial charge in [0.05, 0.1) is 0 Å². The second-order valence-electron chi connectivity index (χ2n) is 4.08. The lowest BCUT2D eigenvalue weighted by Crippen LogP contribution is -2.28. The second-order valence-corrected chi connectivity index (χ2v) is 5.74. The molecule has 0 aliphatic heterocycles. The summed E-state index contributed by atoms with van der Waals surface area (Å²) in [4.78, 5) is 0. The first-order chi connectivity index (χ1) is 7.79. The SMILES string of the molecule is CCSCCC(CC)(CCl)c1ccccc1. The summed E-state index contributed by atoms with van der Waals surface area (Å²) in [5.74, 6) is 3.11. The topological polar surface area (TPSA) is 0 Å². The molecule has 0 aromatic heterocycles. The van der Waals surface area contributed by atoms with Gasteiger partial charge in [-0.25, -0.2) is 0 Å².